The topological polar surface area (TPSA) is 12.0 Å². The fourth-order valence-corrected chi connectivity index (χ4v) is 1.29. The molecule has 4 heteroatoms. The van der Waals surface area contributed by atoms with Crippen LogP contribution in [0.15, 0.2) is 29.8 Å². The molecule has 0 aliphatic rings. The first kappa shape index (κ1) is 11.5. The van der Waals surface area contributed by atoms with Crippen LogP contribution in [-0.4, -0.2) is 6.54 Å². The molecule has 0 unspecified atom stereocenters. The fourth-order valence-electron chi connectivity index (χ4n) is 1.01. The average molecular weight is 234 g/mol. The van der Waals surface area contributed by atoms with Crippen molar-refractivity contribution in [1.29, 1.82) is 0 Å². The minimum atomic E-state index is -0.295. The van der Waals surface area contributed by atoms with E-state index in [1.54, 1.807) is 0 Å². The Morgan fingerprint density at radius 2 is 2.21 bits per heavy atom. The third-order valence-electron chi connectivity index (χ3n) is 1.64. The molecular formula is C10H10Cl2FN. The van der Waals surface area contributed by atoms with Crippen molar-refractivity contribution < 1.29 is 4.39 Å². The SMILES string of the molecule is C=C(Cl)CNCc1cc(F)ccc1Cl. The second-order valence-electron chi connectivity index (χ2n) is 2.86. The van der Waals surface area contributed by atoms with E-state index in [0.29, 0.717) is 28.7 Å². The fraction of sp³-hybridized carbons (Fsp3) is 0.200. The van der Waals surface area contributed by atoms with E-state index in [1.165, 1.54) is 18.2 Å². The number of hydrogen-bond acceptors (Lipinski definition) is 1. The van der Waals surface area contributed by atoms with Crippen molar-refractivity contribution in [2.75, 3.05) is 6.54 Å². The Kier molecular flexibility index (Phi) is 4.39. The second-order valence-corrected chi connectivity index (χ2v) is 3.80. The smallest absolute Gasteiger partial charge is 0.123 e. The number of halogens is 3. The molecule has 0 heterocycles. The maximum Gasteiger partial charge on any atom is 0.123 e. The highest BCUT2D eigenvalue weighted by molar-refractivity contribution is 6.31. The van der Waals surface area contributed by atoms with Gasteiger partial charge in [0.25, 0.3) is 0 Å². The minimum absolute atomic E-state index is 0.295. The predicted molar refractivity (Wildman–Crippen MR) is 58.1 cm³/mol. The summed E-state index contributed by atoms with van der Waals surface area (Å²) >= 11 is 11.4. The Morgan fingerprint density at radius 3 is 2.86 bits per heavy atom. The molecule has 0 saturated carbocycles. The van der Waals surface area contributed by atoms with Crippen LogP contribution < -0.4 is 5.32 Å². The van der Waals surface area contributed by atoms with E-state index in [1.807, 2.05) is 0 Å². The highest BCUT2D eigenvalue weighted by Crippen LogP contribution is 2.16. The molecule has 1 nitrogen and oxygen atoms in total. The number of benzene rings is 1. The van der Waals surface area contributed by atoms with E-state index in [9.17, 15) is 4.39 Å². The van der Waals surface area contributed by atoms with Crippen LogP contribution in [0.25, 0.3) is 0 Å². The molecule has 76 valence electrons. The van der Waals surface area contributed by atoms with Gasteiger partial charge in [-0.1, -0.05) is 29.8 Å². The van der Waals surface area contributed by atoms with Gasteiger partial charge in [0, 0.05) is 23.1 Å². The monoisotopic (exact) mass is 233 g/mol. The number of nitrogens with one attached hydrogen (secondary N) is 1. The zero-order valence-corrected chi connectivity index (χ0v) is 9.00. The molecule has 0 atom stereocenters. The highest BCUT2D eigenvalue weighted by atomic mass is 35.5. The number of rotatable bonds is 4. The van der Waals surface area contributed by atoms with E-state index >= 15 is 0 Å². The second kappa shape index (κ2) is 5.35. The number of hydrogen-bond donors (Lipinski definition) is 1. The van der Waals surface area contributed by atoms with E-state index in [4.69, 9.17) is 23.2 Å². The molecule has 0 spiro atoms. The molecule has 1 aromatic carbocycles. The van der Waals surface area contributed by atoms with Gasteiger partial charge < -0.3 is 5.32 Å². The van der Waals surface area contributed by atoms with Crippen molar-refractivity contribution in [3.05, 3.63) is 46.2 Å². The molecule has 1 N–H and O–H groups in total. The van der Waals surface area contributed by atoms with E-state index in [2.05, 4.69) is 11.9 Å². The summed E-state index contributed by atoms with van der Waals surface area (Å²) in [7, 11) is 0. The molecule has 0 radical (unpaired) electrons. The summed E-state index contributed by atoms with van der Waals surface area (Å²) in [5.41, 5.74) is 0.713. The Balaban J connectivity index is 2.57. The standard InChI is InChI=1S/C10H10Cl2FN/c1-7(11)5-14-6-8-4-9(13)2-3-10(8)12/h2-4,14H,1,5-6H2. The van der Waals surface area contributed by atoms with Crippen LogP contribution >= 0.6 is 23.2 Å². The molecule has 0 aromatic heterocycles. The lowest BCUT2D eigenvalue weighted by Crippen LogP contribution is -2.14. The molecule has 0 saturated heterocycles. The van der Waals surface area contributed by atoms with Crippen molar-refractivity contribution in [3.8, 4) is 0 Å². The van der Waals surface area contributed by atoms with Gasteiger partial charge in [0.1, 0.15) is 5.82 Å². The first-order valence-corrected chi connectivity index (χ1v) is 4.83. The van der Waals surface area contributed by atoms with Gasteiger partial charge in [0.2, 0.25) is 0 Å². The molecule has 0 amide bonds. The Morgan fingerprint density at radius 1 is 1.50 bits per heavy atom. The molecule has 0 aliphatic heterocycles. The first-order chi connectivity index (χ1) is 6.59. The Bertz CT molecular complexity index is 339. The molecule has 1 rings (SSSR count). The van der Waals surface area contributed by atoms with Crippen LogP contribution in [0, 0.1) is 5.82 Å². The van der Waals surface area contributed by atoms with Crippen LogP contribution in [0.4, 0.5) is 4.39 Å². The van der Waals surface area contributed by atoms with Gasteiger partial charge in [-0.2, -0.15) is 0 Å². The summed E-state index contributed by atoms with van der Waals surface area (Å²) in [6.45, 7) is 4.48. The molecule has 1 aromatic rings. The van der Waals surface area contributed by atoms with Crippen molar-refractivity contribution in [2.24, 2.45) is 0 Å². The molecule has 0 aliphatic carbocycles. The van der Waals surface area contributed by atoms with Gasteiger partial charge in [-0.15, -0.1) is 0 Å². The van der Waals surface area contributed by atoms with Gasteiger partial charge in [-0.3, -0.25) is 0 Å². The lowest BCUT2D eigenvalue weighted by molar-refractivity contribution is 0.623. The van der Waals surface area contributed by atoms with Gasteiger partial charge >= 0.3 is 0 Å². The summed E-state index contributed by atoms with van der Waals surface area (Å²) in [6.07, 6.45) is 0. The summed E-state index contributed by atoms with van der Waals surface area (Å²) in [4.78, 5) is 0. The first-order valence-electron chi connectivity index (χ1n) is 4.07. The van der Waals surface area contributed by atoms with Crippen molar-refractivity contribution in [3.63, 3.8) is 0 Å². The van der Waals surface area contributed by atoms with E-state index < -0.39 is 0 Å². The highest BCUT2D eigenvalue weighted by Gasteiger charge is 2.01. The van der Waals surface area contributed by atoms with Gasteiger partial charge in [0.05, 0.1) is 0 Å². The summed E-state index contributed by atoms with van der Waals surface area (Å²) < 4.78 is 12.8. The molecule has 0 bridgehead atoms. The van der Waals surface area contributed by atoms with Gasteiger partial charge in [-0.25, -0.2) is 4.39 Å². The third kappa shape index (κ3) is 3.66. The van der Waals surface area contributed by atoms with Crippen molar-refractivity contribution in [1.82, 2.24) is 5.32 Å². The Labute approximate surface area is 92.5 Å². The van der Waals surface area contributed by atoms with Crippen molar-refractivity contribution in [2.45, 2.75) is 6.54 Å². The summed E-state index contributed by atoms with van der Waals surface area (Å²) in [6, 6.07) is 4.25. The average Bonchev–Trinajstić information content (AvgIpc) is 2.10. The predicted octanol–water partition coefficient (Wildman–Crippen LogP) is 3.32. The molecular weight excluding hydrogens is 224 g/mol. The van der Waals surface area contributed by atoms with Crippen LogP contribution in [0.2, 0.25) is 5.02 Å². The third-order valence-corrected chi connectivity index (χ3v) is 2.14. The van der Waals surface area contributed by atoms with Crippen LogP contribution in [0.1, 0.15) is 5.56 Å². The zero-order valence-electron chi connectivity index (χ0n) is 7.49. The van der Waals surface area contributed by atoms with E-state index in [-0.39, 0.29) is 5.82 Å². The Hall–Kier alpha value is -0.570. The summed E-state index contributed by atoms with van der Waals surface area (Å²) in [5.74, 6) is -0.295. The summed E-state index contributed by atoms with van der Waals surface area (Å²) in [5, 5.41) is 4.04. The maximum atomic E-state index is 12.8. The van der Waals surface area contributed by atoms with E-state index in [0.717, 1.165) is 0 Å². The van der Waals surface area contributed by atoms with Crippen LogP contribution in [-0.2, 0) is 6.54 Å². The van der Waals surface area contributed by atoms with Gasteiger partial charge in [-0.05, 0) is 23.8 Å². The van der Waals surface area contributed by atoms with Crippen molar-refractivity contribution >= 4 is 23.2 Å². The lowest BCUT2D eigenvalue weighted by Gasteiger charge is -2.05. The van der Waals surface area contributed by atoms with Crippen LogP contribution in [0.3, 0.4) is 0 Å². The molecule has 0 fully saturated rings. The quantitative estimate of drug-likeness (QED) is 0.842. The lowest BCUT2D eigenvalue weighted by atomic mass is 10.2. The van der Waals surface area contributed by atoms with Gasteiger partial charge in [0.15, 0.2) is 0 Å². The van der Waals surface area contributed by atoms with Crippen LogP contribution in [0.5, 0.6) is 0 Å². The largest absolute Gasteiger partial charge is 0.308 e. The minimum Gasteiger partial charge on any atom is -0.308 e. The zero-order chi connectivity index (χ0) is 10.6. The normalized spacial score (nSPS) is 10.2. The maximum absolute atomic E-state index is 12.8. The molecule has 14 heavy (non-hydrogen) atoms.